The van der Waals surface area contributed by atoms with Crippen molar-refractivity contribution in [2.75, 3.05) is 12.4 Å². The van der Waals surface area contributed by atoms with Crippen LogP contribution in [0.4, 0.5) is 10.1 Å². The summed E-state index contributed by atoms with van der Waals surface area (Å²) in [6, 6.07) is 18.7. The second kappa shape index (κ2) is 8.85. The first-order valence-electron chi connectivity index (χ1n) is 9.82. The van der Waals surface area contributed by atoms with E-state index >= 15 is 0 Å². The molecule has 4 rings (SSSR count). The summed E-state index contributed by atoms with van der Waals surface area (Å²) in [4.78, 5) is 38.8. The SMILES string of the molecule is COc1ccc2c(c1)c(=O)c(C(=O)c1ccccc1)cn2CC(=O)Nc1ccc(F)cc1. The van der Waals surface area contributed by atoms with Crippen molar-refractivity contribution in [1.82, 2.24) is 4.57 Å². The molecule has 1 heterocycles. The number of fused-ring (bicyclic) bond motifs is 1. The molecule has 0 bridgehead atoms. The molecule has 1 aromatic heterocycles. The lowest BCUT2D eigenvalue weighted by atomic mass is 10.0. The van der Waals surface area contributed by atoms with E-state index in [1.807, 2.05) is 0 Å². The van der Waals surface area contributed by atoms with E-state index in [0.717, 1.165) is 0 Å². The average Bonchev–Trinajstić information content (AvgIpc) is 2.82. The molecule has 0 saturated carbocycles. The van der Waals surface area contributed by atoms with Gasteiger partial charge < -0.3 is 14.6 Å². The summed E-state index contributed by atoms with van der Waals surface area (Å²) < 4.78 is 19.9. The number of ketones is 1. The molecule has 0 radical (unpaired) electrons. The molecule has 1 N–H and O–H groups in total. The summed E-state index contributed by atoms with van der Waals surface area (Å²) in [6.07, 6.45) is 1.40. The number of nitrogens with zero attached hydrogens (tertiary/aromatic N) is 1. The molecule has 1 amide bonds. The van der Waals surface area contributed by atoms with Gasteiger partial charge in [-0.1, -0.05) is 30.3 Å². The Bertz CT molecular complexity index is 1360. The quantitative estimate of drug-likeness (QED) is 0.469. The number of carbonyl (C=O) groups excluding carboxylic acids is 2. The topological polar surface area (TPSA) is 77.4 Å². The van der Waals surface area contributed by atoms with Crippen molar-refractivity contribution >= 4 is 28.3 Å². The first kappa shape index (κ1) is 21.0. The Balaban J connectivity index is 1.77. The van der Waals surface area contributed by atoms with Gasteiger partial charge in [0.15, 0.2) is 5.78 Å². The van der Waals surface area contributed by atoms with Gasteiger partial charge in [-0.15, -0.1) is 0 Å². The van der Waals surface area contributed by atoms with Gasteiger partial charge in [0.1, 0.15) is 18.1 Å². The number of aromatic nitrogens is 1. The molecule has 0 atom stereocenters. The maximum atomic E-state index is 13.1. The van der Waals surface area contributed by atoms with Crippen molar-refractivity contribution in [3.8, 4) is 5.75 Å². The van der Waals surface area contributed by atoms with Crippen LogP contribution in [0, 0.1) is 5.82 Å². The van der Waals surface area contributed by atoms with Gasteiger partial charge in [-0.05, 0) is 42.5 Å². The molecule has 0 aliphatic rings. The first-order valence-corrected chi connectivity index (χ1v) is 9.82. The third kappa shape index (κ3) is 4.27. The van der Waals surface area contributed by atoms with Crippen LogP contribution in [0.3, 0.4) is 0 Å². The molecule has 0 unspecified atom stereocenters. The Morgan fingerprint density at radius 3 is 2.41 bits per heavy atom. The molecular weight excluding hydrogens is 411 g/mol. The van der Waals surface area contributed by atoms with Crippen molar-refractivity contribution in [3.05, 3.63) is 106 Å². The van der Waals surface area contributed by atoms with Crippen LogP contribution in [-0.4, -0.2) is 23.4 Å². The Kier molecular flexibility index (Phi) is 5.81. The lowest BCUT2D eigenvalue weighted by Crippen LogP contribution is -2.24. The zero-order valence-electron chi connectivity index (χ0n) is 17.2. The van der Waals surface area contributed by atoms with Crippen LogP contribution in [-0.2, 0) is 11.3 Å². The number of nitrogens with one attached hydrogen (secondary N) is 1. The summed E-state index contributed by atoms with van der Waals surface area (Å²) in [6.45, 7) is -0.157. The summed E-state index contributed by atoms with van der Waals surface area (Å²) >= 11 is 0. The molecule has 0 aliphatic carbocycles. The summed E-state index contributed by atoms with van der Waals surface area (Å²) in [5.74, 6) is -0.780. The van der Waals surface area contributed by atoms with E-state index < -0.39 is 22.9 Å². The number of hydrogen-bond donors (Lipinski definition) is 1. The van der Waals surface area contributed by atoms with Crippen molar-refractivity contribution in [1.29, 1.82) is 0 Å². The molecule has 0 spiro atoms. The van der Waals surface area contributed by atoms with Gasteiger partial charge in [0.25, 0.3) is 0 Å². The van der Waals surface area contributed by atoms with Crippen LogP contribution in [0.2, 0.25) is 0 Å². The minimum Gasteiger partial charge on any atom is -0.497 e. The number of amides is 1. The maximum Gasteiger partial charge on any atom is 0.244 e. The molecular formula is C25H19FN2O4. The highest BCUT2D eigenvalue weighted by Gasteiger charge is 2.18. The highest BCUT2D eigenvalue weighted by molar-refractivity contribution is 6.10. The third-order valence-electron chi connectivity index (χ3n) is 5.01. The summed E-state index contributed by atoms with van der Waals surface area (Å²) in [7, 11) is 1.48. The van der Waals surface area contributed by atoms with E-state index in [4.69, 9.17) is 4.74 Å². The number of anilines is 1. The Morgan fingerprint density at radius 2 is 1.72 bits per heavy atom. The summed E-state index contributed by atoms with van der Waals surface area (Å²) in [5.41, 5.74) is 0.794. The Hall–Kier alpha value is -4.26. The van der Waals surface area contributed by atoms with Crippen molar-refractivity contribution < 1.29 is 18.7 Å². The lowest BCUT2D eigenvalue weighted by molar-refractivity contribution is -0.116. The van der Waals surface area contributed by atoms with Gasteiger partial charge in [-0.25, -0.2) is 4.39 Å². The van der Waals surface area contributed by atoms with Crippen LogP contribution < -0.4 is 15.5 Å². The Labute approximate surface area is 182 Å². The van der Waals surface area contributed by atoms with Crippen molar-refractivity contribution in [3.63, 3.8) is 0 Å². The normalized spacial score (nSPS) is 10.7. The number of pyridine rings is 1. The molecule has 3 aromatic carbocycles. The van der Waals surface area contributed by atoms with Gasteiger partial charge in [0.2, 0.25) is 11.3 Å². The van der Waals surface area contributed by atoms with Crippen LogP contribution in [0.25, 0.3) is 10.9 Å². The van der Waals surface area contributed by atoms with Gasteiger partial charge in [0, 0.05) is 17.4 Å². The van der Waals surface area contributed by atoms with Crippen LogP contribution >= 0.6 is 0 Å². The van der Waals surface area contributed by atoms with Crippen molar-refractivity contribution in [2.24, 2.45) is 0 Å². The number of hydrogen-bond acceptors (Lipinski definition) is 4. The van der Waals surface area contributed by atoms with Gasteiger partial charge >= 0.3 is 0 Å². The molecule has 4 aromatic rings. The highest BCUT2D eigenvalue weighted by Crippen LogP contribution is 2.20. The molecule has 0 saturated heterocycles. The maximum absolute atomic E-state index is 13.1. The Morgan fingerprint density at radius 1 is 1.00 bits per heavy atom. The summed E-state index contributed by atoms with van der Waals surface area (Å²) in [5, 5.41) is 2.95. The second-order valence-corrected chi connectivity index (χ2v) is 7.13. The molecule has 0 aliphatic heterocycles. The van der Waals surface area contributed by atoms with Crippen molar-refractivity contribution in [2.45, 2.75) is 6.54 Å². The van der Waals surface area contributed by atoms with E-state index in [1.165, 1.54) is 37.6 Å². The molecule has 6 nitrogen and oxygen atoms in total. The van der Waals surface area contributed by atoms with Crippen LogP contribution in [0.1, 0.15) is 15.9 Å². The van der Waals surface area contributed by atoms with Gasteiger partial charge in [-0.2, -0.15) is 0 Å². The number of rotatable bonds is 6. The van der Waals surface area contributed by atoms with E-state index in [9.17, 15) is 18.8 Å². The second-order valence-electron chi connectivity index (χ2n) is 7.13. The molecule has 32 heavy (non-hydrogen) atoms. The minimum absolute atomic E-state index is 0.0495. The smallest absolute Gasteiger partial charge is 0.244 e. The van der Waals surface area contributed by atoms with Gasteiger partial charge in [0.05, 0.1) is 23.6 Å². The number of benzene rings is 3. The predicted octanol–water partition coefficient (Wildman–Crippen LogP) is 4.02. The van der Waals surface area contributed by atoms with E-state index in [1.54, 1.807) is 53.1 Å². The molecule has 160 valence electrons. The number of ether oxygens (including phenoxy) is 1. The van der Waals surface area contributed by atoms with E-state index in [-0.39, 0.29) is 17.5 Å². The van der Waals surface area contributed by atoms with E-state index in [2.05, 4.69) is 5.32 Å². The predicted molar refractivity (Wildman–Crippen MR) is 120 cm³/mol. The lowest BCUT2D eigenvalue weighted by Gasteiger charge is -2.14. The first-order chi connectivity index (χ1) is 15.5. The zero-order chi connectivity index (χ0) is 22.7. The van der Waals surface area contributed by atoms with Gasteiger partial charge in [-0.3, -0.25) is 14.4 Å². The molecule has 7 heteroatoms. The molecule has 0 fully saturated rings. The average molecular weight is 430 g/mol. The fourth-order valence-electron chi connectivity index (χ4n) is 3.43. The standard InChI is InChI=1S/C25H19FN2O4/c1-32-19-11-12-22-20(13-19)25(31)21(24(30)16-5-3-2-4-6-16)14-28(22)15-23(29)27-18-9-7-17(26)8-10-18/h2-14H,15H2,1H3,(H,27,29). The number of methoxy groups -OCH3 is 1. The monoisotopic (exact) mass is 430 g/mol. The minimum atomic E-state index is -0.442. The fraction of sp³-hybridized carbons (Fsp3) is 0.0800. The zero-order valence-corrected chi connectivity index (χ0v) is 17.2. The van der Waals surface area contributed by atoms with Crippen LogP contribution in [0.15, 0.2) is 83.8 Å². The highest BCUT2D eigenvalue weighted by atomic mass is 19.1. The van der Waals surface area contributed by atoms with Crippen LogP contribution in [0.5, 0.6) is 5.75 Å². The fourth-order valence-corrected chi connectivity index (χ4v) is 3.43. The number of carbonyl (C=O) groups is 2. The number of halogens is 1. The van der Waals surface area contributed by atoms with E-state index in [0.29, 0.717) is 22.5 Å². The third-order valence-corrected chi connectivity index (χ3v) is 5.01. The largest absolute Gasteiger partial charge is 0.497 e.